The van der Waals surface area contributed by atoms with Gasteiger partial charge in [0.25, 0.3) is 0 Å². The Labute approximate surface area is 128 Å². The second-order valence-corrected chi connectivity index (χ2v) is 5.01. The lowest BCUT2D eigenvalue weighted by Gasteiger charge is -2.15. The van der Waals surface area contributed by atoms with Crippen molar-refractivity contribution in [2.45, 2.75) is 18.6 Å². The molecular weight excluding hydrogens is 321 g/mol. The summed E-state index contributed by atoms with van der Waals surface area (Å²) < 4.78 is 39.3. The molecule has 2 rings (SSSR count). The highest BCUT2D eigenvalue weighted by Gasteiger charge is 2.32. The molecule has 1 atom stereocenters. The third-order valence-electron chi connectivity index (χ3n) is 2.96. The highest BCUT2D eigenvalue weighted by Crippen LogP contribution is 2.32. The fourth-order valence-electron chi connectivity index (χ4n) is 1.97. The van der Waals surface area contributed by atoms with E-state index >= 15 is 0 Å². The van der Waals surface area contributed by atoms with E-state index in [9.17, 15) is 18.0 Å². The molecule has 0 aliphatic heterocycles. The number of amides is 1. The zero-order valence-electron chi connectivity index (χ0n) is 11.1. The van der Waals surface area contributed by atoms with Gasteiger partial charge in [-0.25, -0.2) is 4.98 Å². The Kier molecular flexibility index (Phi) is 4.43. The molecule has 9 heteroatoms. The highest BCUT2D eigenvalue weighted by atomic mass is 35.5. The number of aromatic nitrogens is 2. The van der Waals surface area contributed by atoms with Crippen molar-refractivity contribution < 1.29 is 18.0 Å². The molecule has 0 bridgehead atoms. The van der Waals surface area contributed by atoms with Crippen molar-refractivity contribution >= 4 is 17.5 Å². The molecule has 1 unspecified atom stereocenters. The molecule has 0 saturated carbocycles. The fraction of sp³-hybridized carbons (Fsp3) is 0.231. The van der Waals surface area contributed by atoms with E-state index in [1.165, 1.54) is 10.8 Å². The minimum Gasteiger partial charge on any atom is -0.370 e. The quantitative estimate of drug-likeness (QED) is 0.901. The van der Waals surface area contributed by atoms with E-state index in [4.69, 9.17) is 23.1 Å². The van der Waals surface area contributed by atoms with E-state index in [2.05, 4.69) is 4.98 Å². The molecule has 0 spiro atoms. The van der Waals surface area contributed by atoms with Crippen LogP contribution in [0, 0.1) is 0 Å². The Morgan fingerprint density at radius 2 is 2.14 bits per heavy atom. The normalized spacial score (nSPS) is 13.1. The fourth-order valence-corrected chi connectivity index (χ4v) is 2.23. The second kappa shape index (κ2) is 5.98. The molecule has 5 nitrogen and oxygen atoms in total. The Morgan fingerprint density at radius 3 is 2.68 bits per heavy atom. The smallest absolute Gasteiger partial charge is 0.370 e. The van der Waals surface area contributed by atoms with Crippen LogP contribution in [0.15, 0.2) is 30.6 Å². The number of carbonyl (C=O) groups excluding carboxylic acids is 1. The number of carbonyl (C=O) groups is 1. The first-order valence-electron chi connectivity index (χ1n) is 6.14. The predicted octanol–water partition coefficient (Wildman–Crippen LogP) is 2.42. The summed E-state index contributed by atoms with van der Waals surface area (Å²) in [5.74, 6) is -0.499. The second-order valence-electron chi connectivity index (χ2n) is 4.61. The standard InChI is InChI=1S/C13H12ClF3N4O/c14-8-4-7(13(15,16)17)6-20-12(8)21-3-1-2-10(21)9(18)5-11(19)22/h1-4,6,9H,5,18H2,(H2,19,22). The van der Waals surface area contributed by atoms with Gasteiger partial charge >= 0.3 is 6.18 Å². The molecular formula is C13H12ClF3N4O. The zero-order chi connectivity index (χ0) is 16.5. The number of nitrogens with two attached hydrogens (primary N) is 2. The van der Waals surface area contributed by atoms with Crippen LogP contribution in [0.5, 0.6) is 0 Å². The Hall–Kier alpha value is -2.06. The van der Waals surface area contributed by atoms with Crippen molar-refractivity contribution in [1.29, 1.82) is 0 Å². The molecule has 22 heavy (non-hydrogen) atoms. The number of primary amides is 1. The minimum atomic E-state index is -4.53. The monoisotopic (exact) mass is 332 g/mol. The zero-order valence-corrected chi connectivity index (χ0v) is 11.9. The van der Waals surface area contributed by atoms with Gasteiger partial charge in [0.1, 0.15) is 0 Å². The van der Waals surface area contributed by atoms with Gasteiger partial charge in [-0.1, -0.05) is 11.6 Å². The Morgan fingerprint density at radius 1 is 1.45 bits per heavy atom. The minimum absolute atomic E-state index is 0.0922. The van der Waals surface area contributed by atoms with E-state index in [0.717, 1.165) is 6.07 Å². The molecule has 4 N–H and O–H groups in total. The van der Waals surface area contributed by atoms with Crippen LogP contribution in [0.2, 0.25) is 5.02 Å². The van der Waals surface area contributed by atoms with E-state index < -0.39 is 23.7 Å². The summed E-state index contributed by atoms with van der Waals surface area (Å²) in [6, 6.07) is 3.30. The van der Waals surface area contributed by atoms with Gasteiger partial charge in [0.05, 0.1) is 16.6 Å². The molecule has 0 fully saturated rings. The number of pyridine rings is 1. The number of halogens is 4. The van der Waals surface area contributed by atoms with Crippen LogP contribution in [-0.4, -0.2) is 15.5 Å². The van der Waals surface area contributed by atoms with Crippen LogP contribution < -0.4 is 11.5 Å². The molecule has 0 aliphatic carbocycles. The Balaban J connectivity index is 2.42. The molecule has 0 saturated heterocycles. The molecule has 1 amide bonds. The summed E-state index contributed by atoms with van der Waals surface area (Å²) in [5.41, 5.74) is 10.5. The van der Waals surface area contributed by atoms with Crippen LogP contribution in [0.3, 0.4) is 0 Å². The van der Waals surface area contributed by atoms with Crippen molar-refractivity contribution in [2.24, 2.45) is 11.5 Å². The number of rotatable bonds is 4. The summed E-state index contributed by atoms with van der Waals surface area (Å²) in [6.45, 7) is 0. The number of nitrogens with zero attached hydrogens (tertiary/aromatic N) is 2. The predicted molar refractivity (Wildman–Crippen MR) is 74.3 cm³/mol. The van der Waals surface area contributed by atoms with Gasteiger partial charge in [0.15, 0.2) is 5.82 Å². The summed E-state index contributed by atoms with van der Waals surface area (Å²) in [7, 11) is 0. The maximum absolute atomic E-state index is 12.6. The first-order valence-corrected chi connectivity index (χ1v) is 6.52. The van der Waals surface area contributed by atoms with Crippen LogP contribution in [-0.2, 0) is 11.0 Å². The summed E-state index contributed by atoms with van der Waals surface area (Å²) in [5, 5.41) is -0.182. The average Bonchev–Trinajstić information content (AvgIpc) is 2.85. The summed E-state index contributed by atoms with van der Waals surface area (Å²) in [4.78, 5) is 14.7. The van der Waals surface area contributed by atoms with Crippen LogP contribution in [0.25, 0.3) is 5.82 Å². The third kappa shape index (κ3) is 3.40. The van der Waals surface area contributed by atoms with Crippen LogP contribution in [0.1, 0.15) is 23.7 Å². The molecule has 0 aromatic carbocycles. The molecule has 2 heterocycles. The topological polar surface area (TPSA) is 86.9 Å². The van der Waals surface area contributed by atoms with Gasteiger partial charge in [-0.15, -0.1) is 0 Å². The van der Waals surface area contributed by atoms with Gasteiger partial charge in [-0.05, 0) is 18.2 Å². The number of hydrogen-bond donors (Lipinski definition) is 2. The summed E-state index contributed by atoms with van der Waals surface area (Å²) in [6.07, 6.45) is -2.42. The lowest BCUT2D eigenvalue weighted by atomic mass is 10.1. The largest absolute Gasteiger partial charge is 0.417 e. The SMILES string of the molecule is NC(=O)CC(N)c1cccn1-c1ncc(C(F)(F)F)cc1Cl. The molecule has 118 valence electrons. The van der Waals surface area contributed by atoms with Gasteiger partial charge in [0, 0.05) is 24.5 Å². The van der Waals surface area contributed by atoms with E-state index in [1.54, 1.807) is 12.1 Å². The first-order chi connectivity index (χ1) is 10.2. The number of alkyl halides is 3. The van der Waals surface area contributed by atoms with Gasteiger partial charge in [0.2, 0.25) is 5.91 Å². The lowest BCUT2D eigenvalue weighted by molar-refractivity contribution is -0.137. The molecule has 2 aromatic rings. The van der Waals surface area contributed by atoms with Crippen molar-refractivity contribution in [2.75, 3.05) is 0 Å². The van der Waals surface area contributed by atoms with E-state index in [0.29, 0.717) is 11.9 Å². The van der Waals surface area contributed by atoms with Crippen molar-refractivity contribution in [1.82, 2.24) is 9.55 Å². The molecule has 0 aliphatic rings. The Bertz CT molecular complexity index is 699. The van der Waals surface area contributed by atoms with Crippen LogP contribution in [0.4, 0.5) is 13.2 Å². The van der Waals surface area contributed by atoms with E-state index in [-0.39, 0.29) is 17.3 Å². The third-order valence-corrected chi connectivity index (χ3v) is 3.24. The van der Waals surface area contributed by atoms with Crippen LogP contribution >= 0.6 is 11.6 Å². The highest BCUT2D eigenvalue weighted by molar-refractivity contribution is 6.32. The maximum Gasteiger partial charge on any atom is 0.417 e. The van der Waals surface area contributed by atoms with Crippen molar-refractivity contribution in [3.63, 3.8) is 0 Å². The maximum atomic E-state index is 12.6. The molecule has 0 radical (unpaired) electrons. The molecule has 2 aromatic heterocycles. The summed E-state index contributed by atoms with van der Waals surface area (Å²) >= 11 is 5.89. The van der Waals surface area contributed by atoms with Crippen molar-refractivity contribution in [3.05, 3.63) is 46.9 Å². The lowest BCUT2D eigenvalue weighted by Crippen LogP contribution is -2.22. The van der Waals surface area contributed by atoms with Gasteiger partial charge in [-0.2, -0.15) is 13.2 Å². The van der Waals surface area contributed by atoms with E-state index in [1.807, 2.05) is 0 Å². The van der Waals surface area contributed by atoms with Gasteiger partial charge < -0.3 is 16.0 Å². The van der Waals surface area contributed by atoms with Crippen molar-refractivity contribution in [3.8, 4) is 5.82 Å². The average molecular weight is 333 g/mol. The number of hydrogen-bond acceptors (Lipinski definition) is 3. The first kappa shape index (κ1) is 16.3. The van der Waals surface area contributed by atoms with Gasteiger partial charge in [-0.3, -0.25) is 4.79 Å².